The summed E-state index contributed by atoms with van der Waals surface area (Å²) in [5.41, 5.74) is 1.02. The molecule has 0 aliphatic rings. The highest BCUT2D eigenvalue weighted by Crippen LogP contribution is 2.14. The smallest absolute Gasteiger partial charge is 0.178 e. The predicted octanol–water partition coefficient (Wildman–Crippen LogP) is 2.19. The van der Waals surface area contributed by atoms with Gasteiger partial charge in [-0.25, -0.2) is 0 Å². The fraction of sp³-hybridized carbons (Fsp3) is 0.615. The largest absolute Gasteiger partial charge is 0.357 e. The van der Waals surface area contributed by atoms with Gasteiger partial charge >= 0.3 is 0 Å². The van der Waals surface area contributed by atoms with Crippen LogP contribution >= 0.6 is 0 Å². The molecule has 0 unspecified atom stereocenters. The van der Waals surface area contributed by atoms with Gasteiger partial charge in [-0.05, 0) is 18.5 Å². The number of hydrogen-bond donors (Lipinski definition) is 0. The lowest BCUT2D eigenvalue weighted by molar-refractivity contribution is 0.0927. The summed E-state index contributed by atoms with van der Waals surface area (Å²) in [5.74, 6) is 0.187. The first-order chi connectivity index (χ1) is 7.28. The Hall–Kier alpha value is -1.09. The molecule has 0 bridgehead atoms. The fourth-order valence-corrected chi connectivity index (χ4v) is 1.87. The van der Waals surface area contributed by atoms with E-state index < -0.39 is 0 Å². The van der Waals surface area contributed by atoms with E-state index in [-0.39, 0.29) is 11.2 Å². The summed E-state index contributed by atoms with van der Waals surface area (Å²) in [6.45, 7) is 7.94. The number of ketones is 1. The van der Waals surface area contributed by atoms with Crippen LogP contribution in [0.1, 0.15) is 31.1 Å². The van der Waals surface area contributed by atoms with Gasteiger partial charge in [0.25, 0.3) is 0 Å². The molecule has 1 heterocycles. The summed E-state index contributed by atoms with van der Waals surface area (Å²) in [5, 5.41) is 0. The van der Waals surface area contributed by atoms with E-state index in [1.54, 1.807) is 0 Å². The van der Waals surface area contributed by atoms with Crippen molar-refractivity contribution in [2.45, 2.75) is 20.8 Å². The second-order valence-corrected chi connectivity index (χ2v) is 5.72. The third-order valence-corrected chi connectivity index (χ3v) is 2.31. The van der Waals surface area contributed by atoms with Crippen LogP contribution in [0.5, 0.6) is 0 Å². The van der Waals surface area contributed by atoms with Crippen LogP contribution in [0.4, 0.5) is 0 Å². The van der Waals surface area contributed by atoms with E-state index >= 15 is 0 Å². The fourth-order valence-electron chi connectivity index (χ4n) is 1.87. The molecule has 3 heteroatoms. The van der Waals surface area contributed by atoms with Gasteiger partial charge in [0, 0.05) is 31.5 Å². The molecule has 0 aromatic carbocycles. The molecule has 1 aromatic heterocycles. The molecular weight excluding hydrogens is 200 g/mol. The molecule has 90 valence electrons. The van der Waals surface area contributed by atoms with Crippen LogP contribution in [-0.2, 0) is 7.05 Å². The first-order valence-corrected chi connectivity index (χ1v) is 5.62. The average Bonchev–Trinajstić information content (AvgIpc) is 2.47. The Morgan fingerprint density at radius 1 is 1.44 bits per heavy atom. The Kier molecular flexibility index (Phi) is 3.92. The van der Waals surface area contributed by atoms with Crippen LogP contribution in [-0.4, -0.2) is 35.4 Å². The summed E-state index contributed by atoms with van der Waals surface area (Å²) in [6.07, 6.45) is 3.77. The van der Waals surface area contributed by atoms with E-state index in [0.29, 0.717) is 6.54 Å². The lowest BCUT2D eigenvalue weighted by Gasteiger charge is -2.25. The highest BCUT2D eigenvalue weighted by atomic mass is 16.1. The number of hydrogen-bond acceptors (Lipinski definition) is 2. The van der Waals surface area contributed by atoms with Gasteiger partial charge in [-0.2, -0.15) is 0 Å². The van der Waals surface area contributed by atoms with Crippen LogP contribution < -0.4 is 0 Å². The van der Waals surface area contributed by atoms with E-state index in [1.165, 1.54) is 0 Å². The van der Waals surface area contributed by atoms with Crippen molar-refractivity contribution >= 4 is 5.78 Å². The molecule has 0 radical (unpaired) electrons. The zero-order chi connectivity index (χ0) is 12.3. The number of aromatic nitrogens is 1. The Labute approximate surface area is 98.1 Å². The third kappa shape index (κ3) is 4.19. The molecule has 1 rings (SSSR count). The minimum absolute atomic E-state index is 0.187. The molecule has 3 nitrogen and oxygen atoms in total. The van der Waals surface area contributed by atoms with E-state index in [0.717, 1.165) is 12.1 Å². The van der Waals surface area contributed by atoms with Crippen LogP contribution in [0.3, 0.4) is 0 Å². The van der Waals surface area contributed by atoms with Crippen molar-refractivity contribution in [1.82, 2.24) is 9.47 Å². The van der Waals surface area contributed by atoms with E-state index in [2.05, 4.69) is 25.7 Å². The Morgan fingerprint density at radius 3 is 2.50 bits per heavy atom. The molecule has 0 atom stereocenters. The van der Waals surface area contributed by atoms with Gasteiger partial charge in [0.2, 0.25) is 0 Å². The molecule has 0 aliphatic heterocycles. The van der Waals surface area contributed by atoms with Crippen molar-refractivity contribution in [3.8, 4) is 0 Å². The van der Waals surface area contributed by atoms with Gasteiger partial charge in [-0.3, -0.25) is 9.69 Å². The van der Waals surface area contributed by atoms with Gasteiger partial charge in [-0.15, -0.1) is 0 Å². The number of carbonyl (C=O) groups excluding carboxylic acids is 1. The van der Waals surface area contributed by atoms with Gasteiger partial charge in [-0.1, -0.05) is 20.8 Å². The molecule has 0 fully saturated rings. The van der Waals surface area contributed by atoms with Gasteiger partial charge in [0.05, 0.1) is 6.54 Å². The van der Waals surface area contributed by atoms with Crippen molar-refractivity contribution < 1.29 is 4.79 Å². The topological polar surface area (TPSA) is 25.2 Å². The van der Waals surface area contributed by atoms with Crippen molar-refractivity contribution in [3.05, 3.63) is 24.0 Å². The number of nitrogens with zero attached hydrogens (tertiary/aromatic N) is 2. The first kappa shape index (κ1) is 13.0. The second-order valence-electron chi connectivity index (χ2n) is 5.72. The Morgan fingerprint density at radius 2 is 2.06 bits per heavy atom. The zero-order valence-electron chi connectivity index (χ0n) is 10.9. The van der Waals surface area contributed by atoms with Crippen LogP contribution in [0, 0.1) is 5.41 Å². The van der Waals surface area contributed by atoms with E-state index in [9.17, 15) is 4.79 Å². The zero-order valence-corrected chi connectivity index (χ0v) is 10.9. The number of rotatable bonds is 4. The Balaban J connectivity index is 2.52. The van der Waals surface area contributed by atoms with E-state index in [1.807, 2.05) is 37.1 Å². The highest BCUT2D eigenvalue weighted by Gasteiger charge is 2.16. The SMILES string of the molecule is CN(CC(=O)c1ccn(C)c1)CC(C)(C)C. The minimum Gasteiger partial charge on any atom is -0.357 e. The number of aryl methyl sites for hydroxylation is 1. The number of Topliss-reactive ketones (excluding diaryl/α,β-unsaturated/α-hetero) is 1. The second kappa shape index (κ2) is 4.83. The first-order valence-electron chi connectivity index (χ1n) is 5.62. The summed E-state index contributed by atoms with van der Waals surface area (Å²) >= 11 is 0. The van der Waals surface area contributed by atoms with Gasteiger partial charge in [0.1, 0.15) is 0 Å². The lowest BCUT2D eigenvalue weighted by atomic mass is 9.96. The maximum absolute atomic E-state index is 11.9. The maximum Gasteiger partial charge on any atom is 0.178 e. The minimum atomic E-state index is 0.187. The van der Waals surface area contributed by atoms with Crippen molar-refractivity contribution in [2.75, 3.05) is 20.1 Å². The van der Waals surface area contributed by atoms with Crippen LogP contribution in [0.2, 0.25) is 0 Å². The normalized spacial score (nSPS) is 12.1. The average molecular weight is 222 g/mol. The summed E-state index contributed by atoms with van der Waals surface area (Å²) in [6, 6.07) is 1.87. The summed E-state index contributed by atoms with van der Waals surface area (Å²) in [4.78, 5) is 14.0. The Bertz CT molecular complexity index is 360. The molecule has 1 aromatic rings. The number of carbonyl (C=O) groups is 1. The monoisotopic (exact) mass is 222 g/mol. The molecule has 0 saturated heterocycles. The van der Waals surface area contributed by atoms with Crippen LogP contribution in [0.15, 0.2) is 18.5 Å². The maximum atomic E-state index is 11.9. The van der Waals surface area contributed by atoms with Gasteiger partial charge in [0.15, 0.2) is 5.78 Å². The van der Waals surface area contributed by atoms with Gasteiger partial charge < -0.3 is 4.57 Å². The molecule has 0 amide bonds. The highest BCUT2D eigenvalue weighted by molar-refractivity contribution is 5.97. The summed E-state index contributed by atoms with van der Waals surface area (Å²) < 4.78 is 1.90. The predicted molar refractivity (Wildman–Crippen MR) is 66.7 cm³/mol. The quantitative estimate of drug-likeness (QED) is 0.730. The van der Waals surface area contributed by atoms with Crippen molar-refractivity contribution in [3.63, 3.8) is 0 Å². The van der Waals surface area contributed by atoms with Crippen molar-refractivity contribution in [1.29, 1.82) is 0 Å². The molecule has 0 spiro atoms. The third-order valence-electron chi connectivity index (χ3n) is 2.31. The van der Waals surface area contributed by atoms with Crippen LogP contribution in [0.25, 0.3) is 0 Å². The van der Waals surface area contributed by atoms with E-state index in [4.69, 9.17) is 0 Å². The molecule has 0 saturated carbocycles. The molecule has 0 aliphatic carbocycles. The number of likely N-dealkylation sites (N-methyl/N-ethyl adjacent to an activating group) is 1. The molecular formula is C13H22N2O. The lowest BCUT2D eigenvalue weighted by Crippen LogP contribution is -2.33. The standard InChI is InChI=1S/C13H22N2O/c1-13(2,3)10-15(5)9-12(16)11-6-7-14(4)8-11/h6-8H,9-10H2,1-5H3. The molecule has 16 heavy (non-hydrogen) atoms. The molecule has 0 N–H and O–H groups in total. The summed E-state index contributed by atoms with van der Waals surface area (Å²) in [7, 11) is 3.92. The van der Waals surface area contributed by atoms with Crippen molar-refractivity contribution in [2.24, 2.45) is 12.5 Å².